The van der Waals surface area contributed by atoms with Crippen LogP contribution in [0.15, 0.2) is 4.99 Å². The number of halogens is 1. The molecule has 0 atom stereocenters. The highest BCUT2D eigenvalue weighted by molar-refractivity contribution is 14.0. The molecule has 1 aliphatic carbocycles. The average molecular weight is 509 g/mol. The Kier molecular flexibility index (Phi) is 13.9. The molecule has 0 aromatic carbocycles. The second-order valence-electron chi connectivity index (χ2n) is 7.71. The van der Waals surface area contributed by atoms with Crippen LogP contribution in [-0.4, -0.2) is 62.8 Å². The van der Waals surface area contributed by atoms with E-state index in [0.717, 1.165) is 64.4 Å². The number of guanidine groups is 1. The van der Waals surface area contributed by atoms with Crippen molar-refractivity contribution in [3.63, 3.8) is 0 Å². The number of rotatable bonds is 9. The first-order valence-corrected chi connectivity index (χ1v) is 11.0. The first-order valence-electron chi connectivity index (χ1n) is 11.0. The van der Waals surface area contributed by atoms with Gasteiger partial charge in [-0.2, -0.15) is 0 Å². The molecular weight excluding hydrogens is 469 g/mol. The van der Waals surface area contributed by atoms with Crippen LogP contribution in [-0.2, 0) is 14.3 Å². The van der Waals surface area contributed by atoms with Gasteiger partial charge in [0.15, 0.2) is 5.96 Å². The van der Waals surface area contributed by atoms with Crippen molar-refractivity contribution in [3.8, 4) is 0 Å². The number of methoxy groups -OCH3 is 1. The molecule has 0 radical (unpaired) electrons. The number of unbranched alkanes of at least 4 members (excludes halogenated alkanes) is 2. The lowest BCUT2D eigenvalue weighted by atomic mass is 9.97. The number of likely N-dealkylation sites (tertiary alicyclic amines) is 1. The Morgan fingerprint density at radius 3 is 2.43 bits per heavy atom. The van der Waals surface area contributed by atoms with Crippen molar-refractivity contribution in [1.82, 2.24) is 10.2 Å². The lowest BCUT2D eigenvalue weighted by molar-refractivity contribution is -0.146. The summed E-state index contributed by atoms with van der Waals surface area (Å²) in [6, 6.07) is 0. The van der Waals surface area contributed by atoms with E-state index in [0.29, 0.717) is 6.10 Å². The number of nitrogens with zero attached hydrogens (tertiary/aromatic N) is 2. The molecule has 0 aromatic rings. The summed E-state index contributed by atoms with van der Waals surface area (Å²) in [6.07, 6.45) is 12.2. The van der Waals surface area contributed by atoms with E-state index < -0.39 is 0 Å². The van der Waals surface area contributed by atoms with Gasteiger partial charge in [-0.25, -0.2) is 0 Å². The van der Waals surface area contributed by atoms with Gasteiger partial charge in [0.25, 0.3) is 0 Å². The van der Waals surface area contributed by atoms with Crippen LogP contribution in [0.4, 0.5) is 0 Å². The Labute approximate surface area is 188 Å². The normalized spacial score (nSPS) is 19.2. The maximum absolute atomic E-state index is 11.7. The van der Waals surface area contributed by atoms with E-state index >= 15 is 0 Å². The first kappa shape index (κ1) is 25.5. The molecule has 164 valence electrons. The van der Waals surface area contributed by atoms with E-state index in [1.54, 1.807) is 0 Å². The second-order valence-corrected chi connectivity index (χ2v) is 7.71. The van der Waals surface area contributed by atoms with E-state index in [1.807, 2.05) is 0 Å². The quantitative estimate of drug-likeness (QED) is 0.168. The molecule has 2 rings (SSSR count). The molecule has 0 bridgehead atoms. The molecule has 1 heterocycles. The number of piperidine rings is 1. The van der Waals surface area contributed by atoms with Gasteiger partial charge in [0.2, 0.25) is 0 Å². The van der Waals surface area contributed by atoms with Gasteiger partial charge in [-0.05, 0) is 51.9 Å². The zero-order valence-corrected chi connectivity index (χ0v) is 20.1. The lowest BCUT2D eigenvalue weighted by Gasteiger charge is -2.33. The van der Waals surface area contributed by atoms with Crippen LogP contribution < -0.4 is 5.32 Å². The summed E-state index contributed by atoms with van der Waals surface area (Å²) in [4.78, 5) is 18.7. The third-order valence-electron chi connectivity index (χ3n) is 5.63. The molecule has 7 heteroatoms. The van der Waals surface area contributed by atoms with E-state index in [-0.39, 0.29) is 35.9 Å². The highest BCUT2D eigenvalue weighted by atomic mass is 127. The molecule has 2 aliphatic rings. The maximum atomic E-state index is 11.7. The number of carbonyl (C=O) groups excluding carboxylic acids is 1. The van der Waals surface area contributed by atoms with E-state index in [9.17, 15) is 4.79 Å². The van der Waals surface area contributed by atoms with Gasteiger partial charge in [-0.1, -0.05) is 19.3 Å². The SMILES string of the molecule is CCNC(=NCCCCCOC1CCCCC1)N1CCC(C(=O)OC)CC1.I. The largest absolute Gasteiger partial charge is 0.469 e. The van der Waals surface area contributed by atoms with Crippen molar-refractivity contribution < 1.29 is 14.3 Å². The van der Waals surface area contributed by atoms with Crippen LogP contribution in [0.1, 0.15) is 71.1 Å². The molecule has 0 amide bonds. The standard InChI is InChI=1S/C21H39N3O3.HI/c1-3-22-21(24-15-12-18(13-16-24)20(25)26-2)23-14-8-5-9-17-27-19-10-6-4-7-11-19;/h18-19H,3-17H2,1-2H3,(H,22,23);1H. The predicted molar refractivity (Wildman–Crippen MR) is 124 cm³/mol. The van der Waals surface area contributed by atoms with Crippen molar-refractivity contribution in [3.05, 3.63) is 0 Å². The molecule has 0 unspecified atom stereocenters. The number of carbonyl (C=O) groups is 1. The monoisotopic (exact) mass is 509 g/mol. The van der Waals surface area contributed by atoms with Crippen LogP contribution in [0, 0.1) is 5.92 Å². The van der Waals surface area contributed by atoms with Crippen LogP contribution >= 0.6 is 24.0 Å². The van der Waals surface area contributed by atoms with Gasteiger partial charge >= 0.3 is 5.97 Å². The fourth-order valence-corrected chi connectivity index (χ4v) is 3.98. The number of hydrogen-bond donors (Lipinski definition) is 1. The van der Waals surface area contributed by atoms with Crippen molar-refractivity contribution in [1.29, 1.82) is 0 Å². The minimum absolute atomic E-state index is 0. The molecule has 2 fully saturated rings. The zero-order chi connectivity index (χ0) is 19.3. The van der Waals surface area contributed by atoms with Gasteiger partial charge in [0.05, 0.1) is 19.1 Å². The van der Waals surface area contributed by atoms with Crippen molar-refractivity contribution in [2.45, 2.75) is 77.2 Å². The number of hydrogen-bond acceptors (Lipinski definition) is 4. The summed E-state index contributed by atoms with van der Waals surface area (Å²) in [5.41, 5.74) is 0. The molecular formula is C21H40IN3O3. The number of nitrogens with one attached hydrogen (secondary N) is 1. The molecule has 1 N–H and O–H groups in total. The molecule has 28 heavy (non-hydrogen) atoms. The van der Waals surface area contributed by atoms with E-state index in [4.69, 9.17) is 14.5 Å². The van der Waals surface area contributed by atoms with E-state index in [1.165, 1.54) is 45.6 Å². The Morgan fingerprint density at radius 2 is 1.79 bits per heavy atom. The molecule has 1 saturated carbocycles. The van der Waals surface area contributed by atoms with Crippen molar-refractivity contribution in [2.75, 3.05) is 39.9 Å². The summed E-state index contributed by atoms with van der Waals surface area (Å²) in [5.74, 6) is 0.949. The third kappa shape index (κ3) is 9.29. The number of ether oxygens (including phenoxy) is 2. The topological polar surface area (TPSA) is 63.2 Å². The van der Waals surface area contributed by atoms with Crippen molar-refractivity contribution in [2.24, 2.45) is 10.9 Å². The minimum Gasteiger partial charge on any atom is -0.469 e. The molecule has 1 saturated heterocycles. The Balaban J connectivity index is 0.00000392. The fraction of sp³-hybridized carbons (Fsp3) is 0.905. The Bertz CT molecular complexity index is 448. The summed E-state index contributed by atoms with van der Waals surface area (Å²) >= 11 is 0. The average Bonchev–Trinajstić information content (AvgIpc) is 2.72. The fourth-order valence-electron chi connectivity index (χ4n) is 3.98. The summed E-state index contributed by atoms with van der Waals surface area (Å²) in [7, 11) is 1.47. The van der Waals surface area contributed by atoms with Crippen LogP contribution in [0.3, 0.4) is 0 Å². The van der Waals surface area contributed by atoms with Gasteiger partial charge in [-0.15, -0.1) is 24.0 Å². The van der Waals surface area contributed by atoms with Crippen LogP contribution in [0.25, 0.3) is 0 Å². The van der Waals surface area contributed by atoms with Crippen molar-refractivity contribution >= 4 is 35.9 Å². The summed E-state index contributed by atoms with van der Waals surface area (Å²) in [6.45, 7) is 6.43. The Morgan fingerprint density at radius 1 is 1.07 bits per heavy atom. The van der Waals surface area contributed by atoms with E-state index in [2.05, 4.69) is 17.1 Å². The summed E-state index contributed by atoms with van der Waals surface area (Å²) < 4.78 is 10.9. The smallest absolute Gasteiger partial charge is 0.308 e. The van der Waals surface area contributed by atoms with Gasteiger partial charge in [-0.3, -0.25) is 9.79 Å². The molecule has 6 nitrogen and oxygen atoms in total. The third-order valence-corrected chi connectivity index (χ3v) is 5.63. The van der Waals surface area contributed by atoms with Gasteiger partial charge in [0.1, 0.15) is 0 Å². The van der Waals surface area contributed by atoms with Crippen LogP contribution in [0.5, 0.6) is 0 Å². The molecule has 0 aromatic heterocycles. The molecule has 1 aliphatic heterocycles. The highest BCUT2D eigenvalue weighted by Crippen LogP contribution is 2.20. The first-order chi connectivity index (χ1) is 13.2. The lowest BCUT2D eigenvalue weighted by Crippen LogP contribution is -2.46. The zero-order valence-electron chi connectivity index (χ0n) is 17.8. The Hall–Kier alpha value is -0.570. The van der Waals surface area contributed by atoms with Gasteiger partial charge < -0.3 is 19.7 Å². The number of esters is 1. The maximum Gasteiger partial charge on any atom is 0.308 e. The van der Waals surface area contributed by atoms with Gasteiger partial charge in [0, 0.05) is 32.8 Å². The second kappa shape index (κ2) is 15.3. The minimum atomic E-state index is -0.0768. The highest BCUT2D eigenvalue weighted by Gasteiger charge is 2.26. The summed E-state index contributed by atoms with van der Waals surface area (Å²) in [5, 5.41) is 3.39. The number of aliphatic imine (C=N–C) groups is 1. The molecule has 0 spiro atoms. The predicted octanol–water partition coefficient (Wildman–Crippen LogP) is 3.97. The van der Waals surface area contributed by atoms with Crippen LogP contribution in [0.2, 0.25) is 0 Å².